The van der Waals surface area contributed by atoms with E-state index < -0.39 is 0 Å². The molecule has 5 heteroatoms. The second kappa shape index (κ2) is 9.72. The zero-order valence-electron chi connectivity index (χ0n) is 16.7. The molecule has 0 aliphatic rings. The van der Waals surface area contributed by atoms with Gasteiger partial charge in [-0.3, -0.25) is 4.79 Å². The minimum absolute atomic E-state index is 0.0794. The van der Waals surface area contributed by atoms with Crippen molar-refractivity contribution in [3.63, 3.8) is 0 Å². The monoisotopic (exact) mass is 461 g/mol. The van der Waals surface area contributed by atoms with E-state index in [2.05, 4.69) is 49.9 Å². The Labute approximate surface area is 185 Å². The molecule has 1 N–H and O–H groups in total. The Hall–Kier alpha value is -2.92. The van der Waals surface area contributed by atoms with Crippen molar-refractivity contribution in [3.05, 3.63) is 94.7 Å². The van der Waals surface area contributed by atoms with Gasteiger partial charge in [-0.15, -0.1) is 0 Å². The Balaban J connectivity index is 1.40. The number of hydrogen-bond acceptors (Lipinski definition) is 2. The number of nitrogens with zero attached hydrogens (tertiary/aromatic N) is 2. The van der Waals surface area contributed by atoms with Crippen LogP contribution < -0.4 is 5.32 Å². The summed E-state index contributed by atoms with van der Waals surface area (Å²) in [6.45, 7) is 0.695. The summed E-state index contributed by atoms with van der Waals surface area (Å²) in [5, 5.41) is 3.06. The molecule has 0 fully saturated rings. The second-order valence-corrected chi connectivity index (χ2v) is 8.20. The summed E-state index contributed by atoms with van der Waals surface area (Å²) in [7, 11) is 0. The van der Waals surface area contributed by atoms with Crippen molar-refractivity contribution >= 4 is 27.5 Å². The van der Waals surface area contributed by atoms with Gasteiger partial charge in [-0.25, -0.2) is 4.98 Å². The van der Waals surface area contributed by atoms with Gasteiger partial charge < -0.3 is 9.72 Å². The molecule has 30 heavy (non-hydrogen) atoms. The van der Waals surface area contributed by atoms with Crippen molar-refractivity contribution in [1.82, 2.24) is 14.7 Å². The molecule has 0 radical (unpaired) electrons. The number of hydrogen-bond donors (Lipinski definition) is 1. The third-order valence-corrected chi connectivity index (χ3v) is 5.67. The molecule has 0 aliphatic heterocycles. The first kappa shape index (κ1) is 20.4. The van der Waals surface area contributed by atoms with E-state index in [0.29, 0.717) is 19.4 Å². The number of pyridine rings is 1. The largest absolute Gasteiger partial charge is 0.356 e. The highest BCUT2D eigenvalue weighted by molar-refractivity contribution is 9.10. The average Bonchev–Trinajstić information content (AvgIpc) is 3.15. The van der Waals surface area contributed by atoms with Crippen LogP contribution in [0, 0.1) is 0 Å². The van der Waals surface area contributed by atoms with Gasteiger partial charge in [0.15, 0.2) is 0 Å². The van der Waals surface area contributed by atoms with E-state index in [9.17, 15) is 4.79 Å². The maximum absolute atomic E-state index is 12.4. The van der Waals surface area contributed by atoms with Crippen molar-refractivity contribution < 1.29 is 4.79 Å². The number of rotatable bonds is 8. The van der Waals surface area contributed by atoms with Crippen LogP contribution in [-0.2, 0) is 17.6 Å². The van der Waals surface area contributed by atoms with Gasteiger partial charge >= 0.3 is 0 Å². The summed E-state index contributed by atoms with van der Waals surface area (Å²) >= 11 is 3.49. The highest BCUT2D eigenvalue weighted by Gasteiger charge is 2.15. The van der Waals surface area contributed by atoms with Crippen LogP contribution in [0.1, 0.15) is 24.1 Å². The summed E-state index contributed by atoms with van der Waals surface area (Å²) in [4.78, 5) is 17.2. The van der Waals surface area contributed by atoms with Crippen molar-refractivity contribution in [2.75, 3.05) is 6.54 Å². The van der Waals surface area contributed by atoms with Gasteiger partial charge in [0.1, 0.15) is 5.65 Å². The van der Waals surface area contributed by atoms with E-state index >= 15 is 0 Å². The fraction of sp³-hybridized carbons (Fsp3) is 0.200. The number of carbonyl (C=O) groups is 1. The number of fused-ring (bicyclic) bond motifs is 1. The van der Waals surface area contributed by atoms with Crippen LogP contribution in [0.25, 0.3) is 16.9 Å². The van der Waals surface area contributed by atoms with Gasteiger partial charge in [0, 0.05) is 29.2 Å². The predicted molar refractivity (Wildman–Crippen MR) is 124 cm³/mol. The Morgan fingerprint density at radius 3 is 2.50 bits per heavy atom. The van der Waals surface area contributed by atoms with E-state index in [-0.39, 0.29) is 5.91 Å². The third-order valence-electron chi connectivity index (χ3n) is 5.14. The van der Waals surface area contributed by atoms with Crippen LogP contribution >= 0.6 is 15.9 Å². The van der Waals surface area contributed by atoms with Crippen LogP contribution in [0.3, 0.4) is 0 Å². The minimum Gasteiger partial charge on any atom is -0.356 e. The molecule has 4 nitrogen and oxygen atoms in total. The Morgan fingerprint density at radius 2 is 1.70 bits per heavy atom. The number of aryl methyl sites for hydroxylation is 2. The molecule has 0 saturated carbocycles. The number of benzene rings is 2. The SMILES string of the molecule is O=C(CCc1c(-c2ccc(Br)cc2)nc2ccccn12)NCCCc1ccccc1. The summed E-state index contributed by atoms with van der Waals surface area (Å²) in [6.07, 6.45) is 5.01. The Morgan fingerprint density at radius 1 is 0.933 bits per heavy atom. The first-order valence-electron chi connectivity index (χ1n) is 10.2. The molecule has 4 rings (SSSR count). The van der Waals surface area contributed by atoms with E-state index in [0.717, 1.165) is 39.9 Å². The molecular weight excluding hydrogens is 438 g/mol. The standard InChI is InChI=1S/C25H24BrN3O/c26-21-13-11-20(12-14-21)25-22(29-18-5-4-10-23(29)28-25)15-16-24(30)27-17-6-9-19-7-2-1-3-8-19/h1-5,7-8,10-14,18H,6,9,15-17H2,(H,27,30). The fourth-order valence-corrected chi connectivity index (χ4v) is 3.87. The number of aromatic nitrogens is 2. The maximum Gasteiger partial charge on any atom is 0.220 e. The first-order valence-corrected chi connectivity index (χ1v) is 11.0. The third kappa shape index (κ3) is 4.97. The van der Waals surface area contributed by atoms with Crippen LogP contribution in [0.2, 0.25) is 0 Å². The highest BCUT2D eigenvalue weighted by Crippen LogP contribution is 2.27. The Kier molecular flexibility index (Phi) is 6.60. The predicted octanol–water partition coefficient (Wildman–Crippen LogP) is 5.45. The first-order chi connectivity index (χ1) is 14.7. The summed E-state index contributed by atoms with van der Waals surface area (Å²) in [5.41, 5.74) is 5.25. The zero-order chi connectivity index (χ0) is 20.8. The summed E-state index contributed by atoms with van der Waals surface area (Å²) < 4.78 is 3.12. The molecule has 0 bridgehead atoms. The maximum atomic E-state index is 12.4. The number of nitrogens with one attached hydrogen (secondary N) is 1. The molecule has 1 amide bonds. The fourth-order valence-electron chi connectivity index (χ4n) is 3.61. The highest BCUT2D eigenvalue weighted by atomic mass is 79.9. The lowest BCUT2D eigenvalue weighted by Gasteiger charge is -2.08. The number of imidazole rings is 1. The van der Waals surface area contributed by atoms with Crippen LogP contribution in [0.15, 0.2) is 83.5 Å². The van der Waals surface area contributed by atoms with E-state index in [1.54, 1.807) is 0 Å². The van der Waals surface area contributed by atoms with Gasteiger partial charge in [-0.1, -0.05) is 64.5 Å². The Bertz CT molecular complexity index is 1120. The molecule has 0 aliphatic carbocycles. The van der Waals surface area contributed by atoms with Crippen molar-refractivity contribution in [3.8, 4) is 11.3 Å². The van der Waals surface area contributed by atoms with Crippen LogP contribution in [0.5, 0.6) is 0 Å². The molecule has 0 saturated heterocycles. The van der Waals surface area contributed by atoms with Crippen LogP contribution in [-0.4, -0.2) is 21.8 Å². The van der Waals surface area contributed by atoms with Crippen molar-refractivity contribution in [2.24, 2.45) is 0 Å². The summed E-state index contributed by atoms with van der Waals surface area (Å²) in [5.74, 6) is 0.0794. The number of carbonyl (C=O) groups excluding carboxylic acids is 1. The van der Waals surface area contributed by atoms with Gasteiger partial charge in [-0.05, 0) is 49.1 Å². The number of amides is 1. The van der Waals surface area contributed by atoms with Gasteiger partial charge in [0.05, 0.1) is 11.4 Å². The molecule has 2 heterocycles. The summed E-state index contributed by atoms with van der Waals surface area (Å²) in [6, 6.07) is 24.5. The second-order valence-electron chi connectivity index (χ2n) is 7.28. The molecule has 2 aromatic heterocycles. The van der Waals surface area contributed by atoms with Gasteiger partial charge in [-0.2, -0.15) is 0 Å². The van der Waals surface area contributed by atoms with E-state index in [1.807, 2.05) is 54.7 Å². The molecular formula is C25H24BrN3O. The molecule has 0 spiro atoms. The molecule has 152 valence electrons. The smallest absolute Gasteiger partial charge is 0.220 e. The topological polar surface area (TPSA) is 46.4 Å². The minimum atomic E-state index is 0.0794. The molecule has 0 atom stereocenters. The zero-order valence-corrected chi connectivity index (χ0v) is 18.3. The van der Waals surface area contributed by atoms with Gasteiger partial charge in [0.2, 0.25) is 5.91 Å². The van der Waals surface area contributed by atoms with Gasteiger partial charge in [0.25, 0.3) is 0 Å². The lowest BCUT2D eigenvalue weighted by molar-refractivity contribution is -0.121. The normalized spacial score (nSPS) is 11.0. The lowest BCUT2D eigenvalue weighted by atomic mass is 10.1. The van der Waals surface area contributed by atoms with E-state index in [4.69, 9.17) is 4.98 Å². The van der Waals surface area contributed by atoms with E-state index in [1.165, 1.54) is 5.56 Å². The number of halogens is 1. The average molecular weight is 462 g/mol. The molecule has 2 aromatic carbocycles. The van der Waals surface area contributed by atoms with Crippen LogP contribution in [0.4, 0.5) is 0 Å². The quantitative estimate of drug-likeness (QED) is 0.354. The lowest BCUT2D eigenvalue weighted by Crippen LogP contribution is -2.25. The van der Waals surface area contributed by atoms with Crippen molar-refractivity contribution in [1.29, 1.82) is 0 Å². The molecule has 4 aromatic rings. The molecule has 0 unspecified atom stereocenters. The van der Waals surface area contributed by atoms with Crippen molar-refractivity contribution in [2.45, 2.75) is 25.7 Å².